The van der Waals surface area contributed by atoms with Crippen LogP contribution in [0.1, 0.15) is 48.7 Å². The van der Waals surface area contributed by atoms with Gasteiger partial charge in [0, 0.05) is 18.4 Å². The first kappa shape index (κ1) is 27.5. The number of nitrogens with zero attached hydrogens (tertiary/aromatic N) is 4. The first-order chi connectivity index (χ1) is 18.1. The maximum atomic E-state index is 12.5. The van der Waals surface area contributed by atoms with E-state index in [9.17, 15) is 29.1 Å². The summed E-state index contributed by atoms with van der Waals surface area (Å²) in [7, 11) is 0. The molecule has 2 heterocycles. The Balaban J connectivity index is 1.82. The van der Waals surface area contributed by atoms with E-state index >= 15 is 0 Å². The number of carbonyl (C=O) groups excluding carboxylic acids is 2. The number of aromatic amines is 1. The van der Waals surface area contributed by atoms with Gasteiger partial charge in [-0.25, -0.2) is 24.6 Å². The molecular formula is C23H25N7O8. The Morgan fingerprint density at radius 1 is 1.13 bits per heavy atom. The van der Waals surface area contributed by atoms with Gasteiger partial charge in [-0.2, -0.15) is 4.98 Å². The van der Waals surface area contributed by atoms with E-state index in [-0.39, 0.29) is 47.8 Å². The van der Waals surface area contributed by atoms with Crippen LogP contribution in [0.2, 0.25) is 0 Å². The van der Waals surface area contributed by atoms with E-state index < -0.39 is 41.8 Å². The zero-order chi connectivity index (χ0) is 27.8. The standard InChI is InChI=1S/C23H25N7O8/c1-2-3-17(33)38-30(11-13-10-25-19-18(26-13)21(35)29-23(24)28-19)14-6-4-12(5-7-14)20(34)27-15(22(36)37)8-9-16(31)32/h4-7,10,15H,2-3,8-9,11H2,1H3,(H,27,34)(H,31,32)(H,36,37)(H3,24,25,28,29,35)/t15-/m0/s1. The third-order valence-corrected chi connectivity index (χ3v) is 5.13. The molecule has 1 amide bonds. The number of anilines is 2. The van der Waals surface area contributed by atoms with Crippen LogP contribution in [-0.2, 0) is 25.8 Å². The number of carboxylic acid groups (broad SMARTS) is 2. The number of carboxylic acids is 2. The van der Waals surface area contributed by atoms with Crippen molar-refractivity contribution in [2.75, 3.05) is 10.8 Å². The average molecular weight is 527 g/mol. The van der Waals surface area contributed by atoms with Crippen LogP contribution in [-0.4, -0.2) is 60.0 Å². The molecule has 3 aromatic rings. The fourth-order valence-electron chi connectivity index (χ4n) is 3.30. The second-order valence-corrected chi connectivity index (χ2v) is 8.08. The molecule has 0 unspecified atom stereocenters. The predicted molar refractivity (Wildman–Crippen MR) is 132 cm³/mol. The minimum Gasteiger partial charge on any atom is -0.481 e. The van der Waals surface area contributed by atoms with Crippen molar-refractivity contribution in [1.29, 1.82) is 0 Å². The number of fused-ring (bicyclic) bond motifs is 1. The van der Waals surface area contributed by atoms with E-state index in [4.69, 9.17) is 15.7 Å². The molecular weight excluding hydrogens is 502 g/mol. The first-order valence-electron chi connectivity index (χ1n) is 11.4. The summed E-state index contributed by atoms with van der Waals surface area (Å²) in [6, 6.07) is 4.30. The Kier molecular flexibility index (Phi) is 8.86. The molecule has 2 aromatic heterocycles. The SMILES string of the molecule is CCCC(=O)ON(Cc1cnc2[nH]c(N)nc(=O)c2n1)c1ccc(C(=O)N[C@@H](CCC(=O)O)C(=O)O)cc1. The van der Waals surface area contributed by atoms with Gasteiger partial charge in [-0.3, -0.25) is 14.4 Å². The van der Waals surface area contributed by atoms with Crippen LogP contribution in [0.15, 0.2) is 35.3 Å². The van der Waals surface area contributed by atoms with Crippen LogP contribution in [0, 0.1) is 0 Å². The minimum absolute atomic E-state index is 0.0561. The number of hydrogen-bond donors (Lipinski definition) is 5. The molecule has 0 fully saturated rings. The number of hydrogen-bond acceptors (Lipinski definition) is 11. The third kappa shape index (κ3) is 7.22. The molecule has 0 aliphatic rings. The topological polar surface area (TPSA) is 231 Å². The van der Waals surface area contributed by atoms with E-state index in [1.807, 2.05) is 0 Å². The summed E-state index contributed by atoms with van der Waals surface area (Å²) < 4.78 is 0. The van der Waals surface area contributed by atoms with E-state index in [1.165, 1.54) is 35.5 Å². The van der Waals surface area contributed by atoms with E-state index in [2.05, 4.69) is 25.3 Å². The van der Waals surface area contributed by atoms with Crippen LogP contribution in [0.5, 0.6) is 0 Å². The summed E-state index contributed by atoms with van der Waals surface area (Å²) in [5.41, 5.74) is 5.63. The number of amides is 1. The van der Waals surface area contributed by atoms with Gasteiger partial charge in [0.05, 0.1) is 17.6 Å². The number of hydroxylamine groups is 1. The Hall–Kier alpha value is -5.08. The molecule has 0 spiro atoms. The number of rotatable bonds is 12. The summed E-state index contributed by atoms with van der Waals surface area (Å²) in [4.78, 5) is 79.1. The quantitative estimate of drug-likeness (QED) is 0.203. The van der Waals surface area contributed by atoms with Crippen molar-refractivity contribution in [2.45, 2.75) is 45.2 Å². The van der Waals surface area contributed by atoms with Gasteiger partial charge in [0.25, 0.3) is 5.91 Å². The Bertz CT molecular complexity index is 1410. The third-order valence-electron chi connectivity index (χ3n) is 5.13. The normalized spacial score (nSPS) is 11.5. The molecule has 0 saturated heterocycles. The Morgan fingerprint density at radius 3 is 2.47 bits per heavy atom. The van der Waals surface area contributed by atoms with Crippen LogP contribution >= 0.6 is 0 Å². The van der Waals surface area contributed by atoms with Gasteiger partial charge in [-0.15, -0.1) is 0 Å². The molecule has 1 atom stereocenters. The fraction of sp³-hybridized carbons (Fsp3) is 0.304. The van der Waals surface area contributed by atoms with Crippen LogP contribution < -0.4 is 21.7 Å². The first-order valence-corrected chi connectivity index (χ1v) is 11.4. The number of aliphatic carboxylic acids is 2. The maximum absolute atomic E-state index is 12.5. The zero-order valence-corrected chi connectivity index (χ0v) is 20.2. The summed E-state index contributed by atoms with van der Waals surface area (Å²) >= 11 is 0. The van der Waals surface area contributed by atoms with Crippen molar-refractivity contribution in [3.63, 3.8) is 0 Å². The van der Waals surface area contributed by atoms with Crippen LogP contribution in [0.25, 0.3) is 11.2 Å². The van der Waals surface area contributed by atoms with Gasteiger partial charge in [0.1, 0.15) is 12.6 Å². The van der Waals surface area contributed by atoms with Crippen molar-refractivity contribution >= 4 is 46.6 Å². The molecule has 0 aliphatic heterocycles. The number of carbonyl (C=O) groups is 4. The molecule has 15 heteroatoms. The highest BCUT2D eigenvalue weighted by Crippen LogP contribution is 2.20. The van der Waals surface area contributed by atoms with Crippen LogP contribution in [0.4, 0.5) is 11.6 Å². The van der Waals surface area contributed by atoms with E-state index in [0.717, 1.165) is 0 Å². The van der Waals surface area contributed by atoms with Crippen molar-refractivity contribution in [3.05, 3.63) is 52.1 Å². The Labute approximate surface area is 214 Å². The summed E-state index contributed by atoms with van der Waals surface area (Å²) in [6.07, 6.45) is 1.32. The lowest BCUT2D eigenvalue weighted by Gasteiger charge is -2.23. The predicted octanol–water partition coefficient (Wildman–Crippen LogP) is 0.608. The largest absolute Gasteiger partial charge is 0.481 e. The molecule has 0 bridgehead atoms. The molecule has 200 valence electrons. The molecule has 15 nitrogen and oxygen atoms in total. The number of benzene rings is 1. The smallest absolute Gasteiger partial charge is 0.332 e. The molecule has 38 heavy (non-hydrogen) atoms. The number of aromatic nitrogens is 4. The van der Waals surface area contributed by atoms with E-state index in [1.54, 1.807) is 6.92 Å². The lowest BCUT2D eigenvalue weighted by molar-refractivity contribution is -0.145. The second kappa shape index (κ2) is 12.2. The Morgan fingerprint density at radius 2 is 1.84 bits per heavy atom. The molecule has 3 rings (SSSR count). The van der Waals surface area contributed by atoms with Gasteiger partial charge in [0.2, 0.25) is 5.95 Å². The minimum atomic E-state index is -1.38. The fourth-order valence-corrected chi connectivity index (χ4v) is 3.30. The van der Waals surface area contributed by atoms with Gasteiger partial charge in [-0.1, -0.05) is 6.92 Å². The second-order valence-electron chi connectivity index (χ2n) is 8.08. The summed E-state index contributed by atoms with van der Waals surface area (Å²) in [5.74, 6) is -3.92. The monoisotopic (exact) mass is 527 g/mol. The van der Waals surface area contributed by atoms with Crippen molar-refractivity contribution < 1.29 is 34.2 Å². The van der Waals surface area contributed by atoms with Gasteiger partial charge in [-0.05, 0) is 37.1 Å². The highest BCUT2D eigenvalue weighted by Gasteiger charge is 2.22. The lowest BCUT2D eigenvalue weighted by Crippen LogP contribution is -2.41. The van der Waals surface area contributed by atoms with Gasteiger partial charge in [0.15, 0.2) is 11.2 Å². The molecule has 0 saturated carbocycles. The molecule has 6 N–H and O–H groups in total. The number of H-pyrrole nitrogens is 1. The highest BCUT2D eigenvalue weighted by molar-refractivity contribution is 5.97. The molecule has 0 radical (unpaired) electrons. The number of nitrogens with two attached hydrogens (primary N) is 1. The van der Waals surface area contributed by atoms with Crippen LogP contribution in [0.3, 0.4) is 0 Å². The highest BCUT2D eigenvalue weighted by atomic mass is 16.7. The van der Waals surface area contributed by atoms with Crippen molar-refractivity contribution in [3.8, 4) is 0 Å². The molecule has 0 aliphatic carbocycles. The maximum Gasteiger partial charge on any atom is 0.332 e. The summed E-state index contributed by atoms with van der Waals surface area (Å²) in [6.45, 7) is 1.70. The average Bonchev–Trinajstić information content (AvgIpc) is 2.86. The van der Waals surface area contributed by atoms with E-state index in [0.29, 0.717) is 12.1 Å². The molecule has 1 aromatic carbocycles. The number of nitrogens with one attached hydrogen (secondary N) is 2. The van der Waals surface area contributed by atoms with Crippen molar-refractivity contribution in [1.82, 2.24) is 25.3 Å². The summed E-state index contributed by atoms with van der Waals surface area (Å²) in [5, 5.41) is 21.5. The number of nitrogen functional groups attached to an aromatic ring is 1. The lowest BCUT2D eigenvalue weighted by atomic mass is 10.1. The van der Waals surface area contributed by atoms with Crippen molar-refractivity contribution in [2.24, 2.45) is 0 Å². The van der Waals surface area contributed by atoms with Gasteiger partial charge < -0.3 is 31.1 Å². The zero-order valence-electron chi connectivity index (χ0n) is 20.2. The van der Waals surface area contributed by atoms with Gasteiger partial charge >= 0.3 is 23.5 Å².